The van der Waals surface area contributed by atoms with Crippen molar-refractivity contribution in [3.8, 4) is 0 Å². The van der Waals surface area contributed by atoms with Gasteiger partial charge in [-0.1, -0.05) is 35.9 Å². The minimum absolute atomic E-state index is 0.0176. The van der Waals surface area contributed by atoms with Gasteiger partial charge in [-0.3, -0.25) is 4.79 Å². The minimum Gasteiger partial charge on any atom is -0.376 e. The Morgan fingerprint density at radius 3 is 2.92 bits per heavy atom. The number of rotatable bonds is 8. The molecule has 1 amide bonds. The van der Waals surface area contributed by atoms with Crippen LogP contribution in [-0.2, 0) is 27.4 Å². The second-order valence-corrected chi connectivity index (χ2v) is 7.51. The minimum atomic E-state index is -0.0176. The Bertz CT molecular complexity index is 671. The fraction of sp³-hybridized carbons (Fsp3) is 0.421. The summed E-state index contributed by atoms with van der Waals surface area (Å²) in [5, 5.41) is 2.68. The molecule has 2 aromatic rings. The van der Waals surface area contributed by atoms with Crippen molar-refractivity contribution in [3.63, 3.8) is 0 Å². The molecule has 2 heterocycles. The number of hydrogen-bond acceptors (Lipinski definition) is 4. The zero-order valence-corrected chi connectivity index (χ0v) is 15.6. The van der Waals surface area contributed by atoms with E-state index in [9.17, 15) is 4.79 Å². The predicted octanol–water partition coefficient (Wildman–Crippen LogP) is 4.13. The van der Waals surface area contributed by atoms with Crippen molar-refractivity contribution in [2.24, 2.45) is 0 Å². The number of amides is 1. The monoisotopic (exact) mass is 379 g/mol. The molecule has 25 heavy (non-hydrogen) atoms. The Labute approximate surface area is 157 Å². The maximum Gasteiger partial charge on any atom is 0.248 e. The third kappa shape index (κ3) is 5.54. The molecule has 1 aliphatic heterocycles. The van der Waals surface area contributed by atoms with Crippen LogP contribution in [0.15, 0.2) is 41.8 Å². The van der Waals surface area contributed by atoms with Crippen LogP contribution in [0.2, 0.25) is 5.02 Å². The lowest BCUT2D eigenvalue weighted by Crippen LogP contribution is -2.38. The van der Waals surface area contributed by atoms with Crippen LogP contribution in [0.3, 0.4) is 0 Å². The van der Waals surface area contributed by atoms with Crippen molar-refractivity contribution in [2.45, 2.75) is 32.1 Å². The number of nitrogens with zero attached hydrogens (tertiary/aromatic N) is 1. The van der Waals surface area contributed by atoms with Gasteiger partial charge < -0.3 is 14.4 Å². The number of carbonyl (C=O) groups is 1. The van der Waals surface area contributed by atoms with Crippen LogP contribution < -0.4 is 0 Å². The topological polar surface area (TPSA) is 38.8 Å². The first-order chi connectivity index (χ1) is 12.2. The van der Waals surface area contributed by atoms with E-state index in [4.69, 9.17) is 21.1 Å². The van der Waals surface area contributed by atoms with Gasteiger partial charge >= 0.3 is 0 Å². The molecule has 134 valence electrons. The molecule has 1 aromatic carbocycles. The third-order valence-corrected chi connectivity index (χ3v) is 5.40. The van der Waals surface area contributed by atoms with E-state index in [0.29, 0.717) is 24.7 Å². The molecule has 4 nitrogen and oxygen atoms in total. The lowest BCUT2D eigenvalue weighted by atomic mass is 10.2. The van der Waals surface area contributed by atoms with Crippen LogP contribution in [-0.4, -0.2) is 36.7 Å². The number of halogens is 1. The maximum absolute atomic E-state index is 12.6. The number of ether oxygens (including phenoxy) is 2. The Kier molecular flexibility index (Phi) is 6.87. The predicted molar refractivity (Wildman–Crippen MR) is 99.8 cm³/mol. The van der Waals surface area contributed by atoms with Crippen molar-refractivity contribution in [2.75, 3.05) is 19.8 Å². The summed E-state index contributed by atoms with van der Waals surface area (Å²) in [6, 6.07) is 11.6. The van der Waals surface area contributed by atoms with Crippen molar-refractivity contribution in [1.82, 2.24) is 4.90 Å². The molecule has 1 aromatic heterocycles. The zero-order valence-electron chi connectivity index (χ0n) is 14.0. The van der Waals surface area contributed by atoms with Gasteiger partial charge in [-0.2, -0.15) is 0 Å². The fourth-order valence-electron chi connectivity index (χ4n) is 2.83. The lowest BCUT2D eigenvalue weighted by Gasteiger charge is -2.25. The number of thiophene rings is 1. The van der Waals surface area contributed by atoms with Gasteiger partial charge in [-0.05, 0) is 35.9 Å². The summed E-state index contributed by atoms with van der Waals surface area (Å²) in [5.74, 6) is -0.0176. The molecule has 6 heteroatoms. The second-order valence-electron chi connectivity index (χ2n) is 6.07. The molecule has 1 aliphatic rings. The number of carbonyl (C=O) groups excluding carboxylic acids is 1. The highest BCUT2D eigenvalue weighted by Crippen LogP contribution is 2.18. The van der Waals surface area contributed by atoms with Gasteiger partial charge in [0.1, 0.15) is 6.61 Å². The standard InChI is InChI=1S/C19H22ClNO3S/c20-18-8-2-1-5-15(18)13-23-14-19(22)21(11-16-6-3-9-24-16)12-17-7-4-10-25-17/h1-2,4-5,7-8,10,16H,3,6,9,11-14H2. The van der Waals surface area contributed by atoms with Gasteiger partial charge in [-0.15, -0.1) is 11.3 Å². The normalized spacial score (nSPS) is 16.9. The molecule has 0 spiro atoms. The number of hydrogen-bond donors (Lipinski definition) is 0. The molecule has 0 aliphatic carbocycles. The average molecular weight is 380 g/mol. The van der Waals surface area contributed by atoms with E-state index in [-0.39, 0.29) is 18.6 Å². The first-order valence-corrected chi connectivity index (χ1v) is 9.71. The molecule has 1 fully saturated rings. The van der Waals surface area contributed by atoms with Crippen molar-refractivity contribution >= 4 is 28.8 Å². The van der Waals surface area contributed by atoms with Crippen LogP contribution in [0.4, 0.5) is 0 Å². The molecule has 1 saturated heterocycles. The van der Waals surface area contributed by atoms with Crippen LogP contribution in [0.1, 0.15) is 23.3 Å². The van der Waals surface area contributed by atoms with Crippen molar-refractivity contribution < 1.29 is 14.3 Å². The highest BCUT2D eigenvalue weighted by Gasteiger charge is 2.23. The van der Waals surface area contributed by atoms with Gasteiger partial charge in [0.15, 0.2) is 0 Å². The van der Waals surface area contributed by atoms with Gasteiger partial charge in [0.2, 0.25) is 5.91 Å². The van der Waals surface area contributed by atoms with E-state index in [1.54, 1.807) is 11.3 Å². The Hall–Kier alpha value is -1.40. The van der Waals surface area contributed by atoms with E-state index >= 15 is 0 Å². The number of benzene rings is 1. The highest BCUT2D eigenvalue weighted by atomic mass is 35.5. The average Bonchev–Trinajstić information content (AvgIpc) is 3.30. The molecular formula is C19H22ClNO3S. The summed E-state index contributed by atoms with van der Waals surface area (Å²) in [6.45, 7) is 2.38. The SMILES string of the molecule is O=C(COCc1ccccc1Cl)N(Cc1cccs1)CC1CCCO1. The Morgan fingerprint density at radius 2 is 2.20 bits per heavy atom. The molecule has 0 bridgehead atoms. The van der Waals surface area contributed by atoms with Gasteiger partial charge in [0, 0.05) is 23.1 Å². The summed E-state index contributed by atoms with van der Waals surface area (Å²) in [7, 11) is 0. The van der Waals surface area contributed by atoms with Crippen molar-refractivity contribution in [1.29, 1.82) is 0 Å². The molecule has 3 rings (SSSR count). The molecule has 1 unspecified atom stereocenters. The molecule has 0 saturated carbocycles. The van der Waals surface area contributed by atoms with Gasteiger partial charge in [0.05, 0.1) is 19.3 Å². The van der Waals surface area contributed by atoms with Gasteiger partial charge in [0.25, 0.3) is 0 Å². The smallest absolute Gasteiger partial charge is 0.248 e. The molecule has 1 atom stereocenters. The summed E-state index contributed by atoms with van der Waals surface area (Å²) in [4.78, 5) is 15.7. The maximum atomic E-state index is 12.6. The summed E-state index contributed by atoms with van der Waals surface area (Å²) < 4.78 is 11.3. The second kappa shape index (κ2) is 9.34. The summed E-state index contributed by atoms with van der Waals surface area (Å²) in [6.07, 6.45) is 2.20. The fourth-order valence-corrected chi connectivity index (χ4v) is 3.74. The van der Waals surface area contributed by atoms with Crippen LogP contribution in [0.25, 0.3) is 0 Å². The highest BCUT2D eigenvalue weighted by molar-refractivity contribution is 7.09. The first kappa shape index (κ1) is 18.4. The third-order valence-electron chi connectivity index (χ3n) is 4.17. The molecule has 0 N–H and O–H groups in total. The Morgan fingerprint density at radius 1 is 1.32 bits per heavy atom. The van der Waals surface area contributed by atoms with E-state index in [1.165, 1.54) is 0 Å². The molecule has 0 radical (unpaired) electrons. The van der Waals surface area contributed by atoms with Gasteiger partial charge in [-0.25, -0.2) is 0 Å². The molecular weight excluding hydrogens is 358 g/mol. The quantitative estimate of drug-likeness (QED) is 0.692. The van der Waals surface area contributed by atoms with E-state index in [2.05, 4.69) is 0 Å². The van der Waals surface area contributed by atoms with Crippen LogP contribution in [0.5, 0.6) is 0 Å². The lowest BCUT2D eigenvalue weighted by molar-refractivity contribution is -0.138. The van der Waals surface area contributed by atoms with E-state index in [1.807, 2.05) is 46.7 Å². The summed E-state index contributed by atoms with van der Waals surface area (Å²) >= 11 is 7.78. The zero-order chi connectivity index (χ0) is 17.5. The van der Waals surface area contributed by atoms with Crippen molar-refractivity contribution in [3.05, 3.63) is 57.2 Å². The van der Waals surface area contributed by atoms with Crippen LogP contribution in [0, 0.1) is 0 Å². The summed E-state index contributed by atoms with van der Waals surface area (Å²) in [5.41, 5.74) is 0.890. The van der Waals surface area contributed by atoms with Crippen LogP contribution >= 0.6 is 22.9 Å². The van der Waals surface area contributed by atoms with E-state index in [0.717, 1.165) is 29.9 Å². The first-order valence-electron chi connectivity index (χ1n) is 8.45. The van der Waals surface area contributed by atoms with E-state index < -0.39 is 0 Å². The largest absolute Gasteiger partial charge is 0.376 e. The Balaban J connectivity index is 1.55.